The molecule has 0 aliphatic rings. The van der Waals surface area contributed by atoms with E-state index < -0.39 is 0 Å². The highest BCUT2D eigenvalue weighted by Crippen LogP contribution is 1.98. The Morgan fingerprint density at radius 1 is 1.50 bits per heavy atom. The maximum Gasteiger partial charge on any atom is 0.0299 e. The van der Waals surface area contributed by atoms with Gasteiger partial charge in [-0.1, -0.05) is 0 Å². The average molecular weight is 152 g/mol. The highest BCUT2D eigenvalue weighted by atomic mass is 32.1. The Morgan fingerprint density at radius 3 is 2.12 bits per heavy atom. The summed E-state index contributed by atoms with van der Waals surface area (Å²) >= 11 is 8.09. The maximum absolute atomic E-state index is 5.49. The van der Waals surface area contributed by atoms with Crippen molar-refractivity contribution in [3.05, 3.63) is 0 Å². The topological polar surface area (TPSA) is 52.0 Å². The monoisotopic (exact) mass is 152 g/mol. The average Bonchev–Trinajstić information content (AvgIpc) is 1.84. The van der Waals surface area contributed by atoms with Crippen molar-refractivity contribution in [2.75, 3.05) is 12.3 Å². The Hall–Kier alpha value is 0.620. The summed E-state index contributed by atoms with van der Waals surface area (Å²) in [6.45, 7) is 0.519. The molecule has 0 fully saturated rings. The second kappa shape index (κ2) is 4.49. The van der Waals surface area contributed by atoms with Crippen LogP contribution in [0.2, 0.25) is 0 Å². The van der Waals surface area contributed by atoms with E-state index in [2.05, 4.69) is 25.3 Å². The Labute approximate surface area is 60.8 Å². The van der Waals surface area contributed by atoms with Crippen LogP contribution in [0.25, 0.3) is 0 Å². The zero-order chi connectivity index (χ0) is 6.57. The van der Waals surface area contributed by atoms with E-state index in [4.69, 9.17) is 11.5 Å². The van der Waals surface area contributed by atoms with Gasteiger partial charge in [0.25, 0.3) is 0 Å². The van der Waals surface area contributed by atoms with Crippen molar-refractivity contribution in [3.63, 3.8) is 0 Å². The van der Waals surface area contributed by atoms with Gasteiger partial charge in [-0.25, -0.2) is 0 Å². The molecule has 2 unspecified atom stereocenters. The molecular formula is C4H12N2S2. The van der Waals surface area contributed by atoms with Gasteiger partial charge >= 0.3 is 0 Å². The molecule has 0 radical (unpaired) electrons. The molecule has 0 saturated heterocycles. The van der Waals surface area contributed by atoms with Crippen LogP contribution in [0.4, 0.5) is 0 Å². The summed E-state index contributed by atoms with van der Waals surface area (Å²) in [6, 6.07) is 0.0201. The van der Waals surface area contributed by atoms with E-state index in [1.54, 1.807) is 0 Å². The summed E-state index contributed by atoms with van der Waals surface area (Å²) < 4.78 is 0. The fourth-order valence-corrected chi connectivity index (χ4v) is 0.823. The quantitative estimate of drug-likeness (QED) is 0.412. The first kappa shape index (κ1) is 8.62. The maximum atomic E-state index is 5.49. The minimum absolute atomic E-state index is 0.0201. The Morgan fingerprint density at radius 2 is 2.00 bits per heavy atom. The van der Waals surface area contributed by atoms with Crippen molar-refractivity contribution in [1.29, 1.82) is 0 Å². The number of hydrogen-bond donors (Lipinski definition) is 4. The van der Waals surface area contributed by atoms with Crippen LogP contribution in [0, 0.1) is 0 Å². The van der Waals surface area contributed by atoms with Crippen LogP contribution in [-0.4, -0.2) is 23.6 Å². The molecule has 4 N–H and O–H groups in total. The molecule has 0 spiro atoms. The fourth-order valence-electron chi connectivity index (χ4n) is 0.296. The second-order valence-electron chi connectivity index (χ2n) is 1.65. The molecule has 0 aliphatic heterocycles. The lowest BCUT2D eigenvalue weighted by molar-refractivity contribution is 0.707. The third kappa shape index (κ3) is 2.81. The molecule has 0 aromatic heterocycles. The van der Waals surface area contributed by atoms with E-state index in [1.807, 2.05) is 0 Å². The lowest BCUT2D eigenvalue weighted by Crippen LogP contribution is -2.37. The number of rotatable bonds is 3. The van der Waals surface area contributed by atoms with Crippen molar-refractivity contribution >= 4 is 25.3 Å². The molecule has 2 atom stereocenters. The summed E-state index contributed by atoms with van der Waals surface area (Å²) in [4.78, 5) is 0. The SMILES string of the molecule is NCC(S)C(N)CS. The molecule has 8 heavy (non-hydrogen) atoms. The minimum atomic E-state index is 0.0201. The predicted octanol–water partition coefficient (Wildman–Crippen LogP) is -0.499. The number of thiol groups is 2. The number of nitrogens with two attached hydrogens (primary N) is 2. The van der Waals surface area contributed by atoms with Crippen LogP contribution < -0.4 is 11.5 Å². The molecule has 0 aliphatic carbocycles. The Kier molecular flexibility index (Phi) is 4.84. The first-order valence-electron chi connectivity index (χ1n) is 2.47. The lowest BCUT2D eigenvalue weighted by Gasteiger charge is -2.13. The Balaban J connectivity index is 3.29. The van der Waals surface area contributed by atoms with E-state index >= 15 is 0 Å². The van der Waals surface area contributed by atoms with Crippen molar-refractivity contribution in [1.82, 2.24) is 0 Å². The first-order valence-corrected chi connectivity index (χ1v) is 3.61. The van der Waals surface area contributed by atoms with Gasteiger partial charge in [-0.3, -0.25) is 0 Å². The van der Waals surface area contributed by atoms with Gasteiger partial charge < -0.3 is 11.5 Å². The summed E-state index contributed by atoms with van der Waals surface area (Å²) in [7, 11) is 0. The smallest absolute Gasteiger partial charge is 0.0299 e. The molecule has 0 bridgehead atoms. The molecule has 0 amide bonds. The van der Waals surface area contributed by atoms with Crippen LogP contribution in [0.15, 0.2) is 0 Å². The van der Waals surface area contributed by atoms with Gasteiger partial charge in [0.2, 0.25) is 0 Å². The second-order valence-corrected chi connectivity index (χ2v) is 2.68. The summed E-state index contributed by atoms with van der Waals surface area (Å²) in [6.07, 6.45) is 0. The third-order valence-electron chi connectivity index (χ3n) is 0.947. The predicted molar refractivity (Wildman–Crippen MR) is 43.7 cm³/mol. The van der Waals surface area contributed by atoms with Crippen LogP contribution in [0.3, 0.4) is 0 Å². The van der Waals surface area contributed by atoms with Crippen LogP contribution >= 0.6 is 25.3 Å². The summed E-state index contributed by atoms with van der Waals surface area (Å²) in [5.41, 5.74) is 10.8. The van der Waals surface area contributed by atoms with E-state index in [0.717, 1.165) is 0 Å². The van der Waals surface area contributed by atoms with Crippen molar-refractivity contribution < 1.29 is 0 Å². The molecule has 0 aromatic carbocycles. The standard InChI is InChI=1S/C4H12N2S2/c5-1-4(8)3(6)2-7/h3-4,7-8H,1-2,5-6H2. The number of hydrogen-bond acceptors (Lipinski definition) is 4. The largest absolute Gasteiger partial charge is 0.329 e. The van der Waals surface area contributed by atoms with E-state index in [-0.39, 0.29) is 11.3 Å². The van der Waals surface area contributed by atoms with Gasteiger partial charge in [0.15, 0.2) is 0 Å². The highest BCUT2D eigenvalue weighted by molar-refractivity contribution is 7.81. The van der Waals surface area contributed by atoms with Crippen molar-refractivity contribution in [2.24, 2.45) is 11.5 Å². The molecule has 4 heteroatoms. The van der Waals surface area contributed by atoms with E-state index in [0.29, 0.717) is 12.3 Å². The zero-order valence-electron chi connectivity index (χ0n) is 4.62. The third-order valence-corrected chi connectivity index (χ3v) is 1.96. The van der Waals surface area contributed by atoms with Gasteiger partial charge in [0.05, 0.1) is 0 Å². The van der Waals surface area contributed by atoms with Gasteiger partial charge in [-0.2, -0.15) is 25.3 Å². The molecular weight excluding hydrogens is 140 g/mol. The van der Waals surface area contributed by atoms with Gasteiger partial charge in [-0.15, -0.1) is 0 Å². The van der Waals surface area contributed by atoms with Gasteiger partial charge in [0.1, 0.15) is 0 Å². The van der Waals surface area contributed by atoms with Gasteiger partial charge in [0, 0.05) is 23.6 Å². The normalized spacial score (nSPS) is 18.0. The molecule has 2 nitrogen and oxygen atoms in total. The van der Waals surface area contributed by atoms with Gasteiger partial charge in [-0.05, 0) is 0 Å². The van der Waals surface area contributed by atoms with Crippen molar-refractivity contribution in [2.45, 2.75) is 11.3 Å². The molecule has 0 saturated carbocycles. The molecule has 50 valence electrons. The minimum Gasteiger partial charge on any atom is -0.329 e. The van der Waals surface area contributed by atoms with Crippen molar-refractivity contribution in [3.8, 4) is 0 Å². The molecule has 0 rings (SSSR count). The molecule has 0 aromatic rings. The summed E-state index contributed by atoms with van der Waals surface area (Å²) in [5.74, 6) is 0.644. The zero-order valence-corrected chi connectivity index (χ0v) is 6.41. The summed E-state index contributed by atoms with van der Waals surface area (Å²) in [5, 5.41) is 0.0903. The Bertz CT molecular complexity index is 52.0. The van der Waals surface area contributed by atoms with E-state index in [9.17, 15) is 0 Å². The first-order chi connectivity index (χ1) is 3.72. The molecule has 0 heterocycles. The van der Waals surface area contributed by atoms with Crippen LogP contribution in [0.5, 0.6) is 0 Å². The van der Waals surface area contributed by atoms with E-state index in [1.165, 1.54) is 0 Å². The van der Waals surface area contributed by atoms with Crippen LogP contribution in [-0.2, 0) is 0 Å². The lowest BCUT2D eigenvalue weighted by atomic mass is 10.2. The fraction of sp³-hybridized carbons (Fsp3) is 1.00. The highest BCUT2D eigenvalue weighted by Gasteiger charge is 2.07. The van der Waals surface area contributed by atoms with Crippen LogP contribution in [0.1, 0.15) is 0 Å².